The topological polar surface area (TPSA) is 57.2 Å². The van der Waals surface area contributed by atoms with E-state index >= 15 is 0 Å². The molecule has 1 aromatic heterocycles. The minimum Gasteiger partial charge on any atom is -0.504 e. The molecule has 1 heterocycles. The van der Waals surface area contributed by atoms with Crippen molar-refractivity contribution in [2.75, 3.05) is 11.9 Å². The van der Waals surface area contributed by atoms with Gasteiger partial charge in [-0.05, 0) is 48.5 Å². The number of aromatic hydroxyl groups is 1. The molecule has 3 N–H and O–H groups in total. The van der Waals surface area contributed by atoms with Crippen molar-refractivity contribution < 1.29 is 5.11 Å². The monoisotopic (exact) mass is 439 g/mol. The van der Waals surface area contributed by atoms with Crippen LogP contribution in [0.25, 0.3) is 20.8 Å². The molecule has 29 heavy (non-hydrogen) atoms. The largest absolute Gasteiger partial charge is 0.504 e. The smallest absolute Gasteiger partial charge is 0.170 e. The summed E-state index contributed by atoms with van der Waals surface area (Å²) in [4.78, 5) is 4.66. The Labute approximate surface area is 183 Å². The van der Waals surface area contributed by atoms with Crippen LogP contribution < -0.4 is 10.6 Å². The number of halogens is 1. The number of aromatic nitrogens is 1. The van der Waals surface area contributed by atoms with E-state index in [0.717, 1.165) is 27.2 Å². The highest BCUT2D eigenvalue weighted by Crippen LogP contribution is 2.39. The number of phenolic OH excluding ortho intramolecular Hbond substituents is 1. The summed E-state index contributed by atoms with van der Waals surface area (Å²) in [6.45, 7) is 0.682. The van der Waals surface area contributed by atoms with Gasteiger partial charge in [-0.1, -0.05) is 54.1 Å². The number of rotatable bonds is 5. The molecule has 0 aliphatic heterocycles. The van der Waals surface area contributed by atoms with Crippen LogP contribution in [0.5, 0.6) is 5.75 Å². The molecule has 0 amide bonds. The summed E-state index contributed by atoms with van der Waals surface area (Å²) in [6, 6.07) is 21.6. The normalized spacial score (nSPS) is 10.8. The minimum absolute atomic E-state index is 0.0382. The number of phenols is 1. The van der Waals surface area contributed by atoms with Gasteiger partial charge in [-0.25, -0.2) is 4.98 Å². The number of hydrogen-bond acceptors (Lipinski definition) is 4. The quantitative estimate of drug-likeness (QED) is 0.269. The SMILES string of the molecule is Oc1c(Cl)cc(-c2nc3ccccc3s2)cc1NC(=S)NCCc1ccccc1. The van der Waals surface area contributed by atoms with Crippen LogP contribution in [0.1, 0.15) is 5.56 Å². The van der Waals surface area contributed by atoms with Crippen molar-refractivity contribution >= 4 is 56.2 Å². The molecule has 3 aromatic carbocycles. The molecular formula is C22H18ClN3OS2. The van der Waals surface area contributed by atoms with Gasteiger partial charge in [0.05, 0.1) is 20.9 Å². The lowest BCUT2D eigenvalue weighted by atomic mass is 10.1. The molecule has 4 rings (SSSR count). The van der Waals surface area contributed by atoms with Crippen LogP contribution in [0.4, 0.5) is 5.69 Å². The van der Waals surface area contributed by atoms with Crippen LogP contribution in [-0.2, 0) is 6.42 Å². The summed E-state index contributed by atoms with van der Waals surface area (Å²) in [5.41, 5.74) is 3.43. The highest BCUT2D eigenvalue weighted by atomic mass is 35.5. The van der Waals surface area contributed by atoms with E-state index in [1.165, 1.54) is 5.56 Å². The van der Waals surface area contributed by atoms with Crippen molar-refractivity contribution in [1.82, 2.24) is 10.3 Å². The van der Waals surface area contributed by atoms with Gasteiger partial charge < -0.3 is 15.7 Å². The Hall–Kier alpha value is -2.67. The lowest BCUT2D eigenvalue weighted by molar-refractivity contribution is 0.478. The van der Waals surface area contributed by atoms with Crippen molar-refractivity contribution in [3.63, 3.8) is 0 Å². The summed E-state index contributed by atoms with van der Waals surface area (Å²) in [5.74, 6) is -0.0382. The summed E-state index contributed by atoms with van der Waals surface area (Å²) >= 11 is 13.2. The Morgan fingerprint density at radius 1 is 1.07 bits per heavy atom. The van der Waals surface area contributed by atoms with E-state index in [1.54, 1.807) is 17.4 Å². The molecule has 0 radical (unpaired) electrons. The molecule has 7 heteroatoms. The molecule has 4 aromatic rings. The van der Waals surface area contributed by atoms with Crippen molar-refractivity contribution in [2.24, 2.45) is 0 Å². The summed E-state index contributed by atoms with van der Waals surface area (Å²) in [6.07, 6.45) is 0.848. The minimum atomic E-state index is -0.0382. The van der Waals surface area contributed by atoms with Crippen molar-refractivity contribution in [3.8, 4) is 16.3 Å². The second-order valence-corrected chi connectivity index (χ2v) is 8.30. The standard InChI is InChI=1S/C22H18ClN3OS2/c23-16-12-15(21-25-17-8-4-5-9-19(17)29-21)13-18(20(16)27)26-22(28)24-11-10-14-6-2-1-3-7-14/h1-9,12-13,27H,10-11H2,(H2,24,26,28). The fourth-order valence-electron chi connectivity index (χ4n) is 2.95. The van der Waals surface area contributed by atoms with Gasteiger partial charge in [0.2, 0.25) is 0 Å². The second-order valence-electron chi connectivity index (χ2n) is 6.46. The van der Waals surface area contributed by atoms with Gasteiger partial charge in [0.1, 0.15) is 5.01 Å². The van der Waals surface area contributed by atoms with Gasteiger partial charge in [0.25, 0.3) is 0 Å². The van der Waals surface area contributed by atoms with E-state index in [1.807, 2.05) is 48.5 Å². The first-order valence-corrected chi connectivity index (χ1v) is 10.7. The predicted molar refractivity (Wildman–Crippen MR) is 126 cm³/mol. The molecule has 0 unspecified atom stereocenters. The molecule has 0 saturated carbocycles. The van der Waals surface area contributed by atoms with Crippen molar-refractivity contribution in [3.05, 3.63) is 77.3 Å². The lowest BCUT2D eigenvalue weighted by Gasteiger charge is -2.13. The van der Waals surface area contributed by atoms with E-state index in [2.05, 4.69) is 27.8 Å². The second kappa shape index (κ2) is 8.78. The van der Waals surface area contributed by atoms with Crippen LogP contribution in [0.2, 0.25) is 5.02 Å². The molecule has 0 aliphatic carbocycles. The maximum absolute atomic E-state index is 10.4. The number of thiazole rings is 1. The van der Waals surface area contributed by atoms with Crippen LogP contribution in [0, 0.1) is 0 Å². The number of thiocarbonyl (C=S) groups is 1. The summed E-state index contributed by atoms with van der Waals surface area (Å²) in [5, 5.41) is 18.1. The number of nitrogens with one attached hydrogen (secondary N) is 2. The first kappa shape index (κ1) is 19.6. The van der Waals surface area contributed by atoms with E-state index < -0.39 is 0 Å². The average Bonchev–Trinajstić information content (AvgIpc) is 3.16. The molecule has 146 valence electrons. The molecule has 0 aliphatic rings. The molecule has 0 fully saturated rings. The van der Waals surface area contributed by atoms with Gasteiger partial charge in [0.15, 0.2) is 10.9 Å². The van der Waals surface area contributed by atoms with Crippen LogP contribution in [-0.4, -0.2) is 21.7 Å². The number of anilines is 1. The van der Waals surface area contributed by atoms with Crippen molar-refractivity contribution in [2.45, 2.75) is 6.42 Å². The first-order chi connectivity index (χ1) is 14.1. The van der Waals surface area contributed by atoms with Crippen LogP contribution in [0.15, 0.2) is 66.7 Å². The van der Waals surface area contributed by atoms with Gasteiger partial charge >= 0.3 is 0 Å². The zero-order valence-corrected chi connectivity index (χ0v) is 17.7. The zero-order valence-electron chi connectivity index (χ0n) is 15.4. The van der Waals surface area contributed by atoms with E-state index in [0.29, 0.717) is 17.3 Å². The fourth-order valence-corrected chi connectivity index (χ4v) is 4.33. The zero-order chi connectivity index (χ0) is 20.2. The number of para-hydroxylation sites is 1. The highest BCUT2D eigenvalue weighted by Gasteiger charge is 2.14. The molecular weight excluding hydrogens is 422 g/mol. The number of hydrogen-bond donors (Lipinski definition) is 3. The number of fused-ring (bicyclic) bond motifs is 1. The van der Waals surface area contributed by atoms with Crippen molar-refractivity contribution in [1.29, 1.82) is 0 Å². The maximum atomic E-state index is 10.4. The third-order valence-electron chi connectivity index (χ3n) is 4.39. The first-order valence-electron chi connectivity index (χ1n) is 9.07. The molecule has 0 spiro atoms. The van der Waals surface area contributed by atoms with Gasteiger partial charge in [-0.3, -0.25) is 0 Å². The van der Waals surface area contributed by atoms with Crippen LogP contribution in [0.3, 0.4) is 0 Å². The van der Waals surface area contributed by atoms with Crippen LogP contribution >= 0.6 is 35.2 Å². The van der Waals surface area contributed by atoms with Gasteiger partial charge in [0, 0.05) is 12.1 Å². The average molecular weight is 440 g/mol. The maximum Gasteiger partial charge on any atom is 0.170 e. The predicted octanol–water partition coefficient (Wildman–Crippen LogP) is 5.85. The van der Waals surface area contributed by atoms with Gasteiger partial charge in [-0.2, -0.15) is 0 Å². The molecule has 4 nitrogen and oxygen atoms in total. The Bertz CT molecular complexity index is 1130. The fraction of sp³-hybridized carbons (Fsp3) is 0.0909. The Kier molecular flexibility index (Phi) is 5.94. The third kappa shape index (κ3) is 4.67. The third-order valence-corrected chi connectivity index (χ3v) is 6.01. The molecule has 0 atom stereocenters. The van der Waals surface area contributed by atoms with E-state index in [4.69, 9.17) is 23.8 Å². The molecule has 0 bridgehead atoms. The Morgan fingerprint density at radius 2 is 1.83 bits per heavy atom. The Balaban J connectivity index is 1.49. The Morgan fingerprint density at radius 3 is 2.62 bits per heavy atom. The lowest BCUT2D eigenvalue weighted by Crippen LogP contribution is -2.30. The van der Waals surface area contributed by atoms with Gasteiger partial charge in [-0.15, -0.1) is 11.3 Å². The van der Waals surface area contributed by atoms with E-state index in [-0.39, 0.29) is 10.8 Å². The highest BCUT2D eigenvalue weighted by molar-refractivity contribution is 7.80. The summed E-state index contributed by atoms with van der Waals surface area (Å²) in [7, 11) is 0. The summed E-state index contributed by atoms with van der Waals surface area (Å²) < 4.78 is 1.10. The molecule has 0 saturated heterocycles. The van der Waals surface area contributed by atoms with E-state index in [9.17, 15) is 5.11 Å². The number of nitrogens with zero attached hydrogens (tertiary/aromatic N) is 1. The number of benzene rings is 3.